The molecule has 0 aliphatic carbocycles. The molecule has 0 saturated carbocycles. The first-order valence-corrected chi connectivity index (χ1v) is 7.59. The van der Waals surface area contributed by atoms with Crippen molar-refractivity contribution in [2.75, 3.05) is 6.54 Å². The molecule has 20 heavy (non-hydrogen) atoms. The summed E-state index contributed by atoms with van der Waals surface area (Å²) >= 11 is 9.42. The number of nitrogens with zero attached hydrogens (tertiary/aromatic N) is 1. The smallest absolute Gasteiger partial charge is 0.174 e. The number of aromatic nitrogens is 1. The van der Waals surface area contributed by atoms with Crippen LogP contribution < -0.4 is 10.1 Å². The first-order valence-electron chi connectivity index (χ1n) is 6.42. The largest absolute Gasteiger partial charge is 0.484 e. The number of rotatable bonds is 7. The van der Waals surface area contributed by atoms with Gasteiger partial charge in [-0.1, -0.05) is 39.6 Å². The van der Waals surface area contributed by atoms with Gasteiger partial charge in [0, 0.05) is 17.1 Å². The zero-order valence-electron chi connectivity index (χ0n) is 11.2. The predicted molar refractivity (Wildman–Crippen MR) is 82.0 cm³/mol. The van der Waals surface area contributed by atoms with E-state index in [2.05, 4.69) is 33.3 Å². The molecule has 0 fully saturated rings. The molecule has 1 N–H and O–H groups in total. The molecule has 0 saturated heterocycles. The molecule has 0 atom stereocenters. The van der Waals surface area contributed by atoms with Crippen LogP contribution in [0.5, 0.6) is 5.75 Å². The molecule has 6 heteroatoms. The van der Waals surface area contributed by atoms with Crippen LogP contribution in [0.25, 0.3) is 0 Å². The highest BCUT2D eigenvalue weighted by atomic mass is 79.9. The molecule has 0 spiro atoms. The van der Waals surface area contributed by atoms with E-state index < -0.39 is 0 Å². The van der Waals surface area contributed by atoms with Crippen LogP contribution in [0.15, 0.2) is 33.3 Å². The van der Waals surface area contributed by atoms with Crippen molar-refractivity contribution >= 4 is 27.5 Å². The Kier molecular flexibility index (Phi) is 5.88. The van der Waals surface area contributed by atoms with Crippen molar-refractivity contribution in [2.24, 2.45) is 0 Å². The standard InChI is InChI=1S/C14H16BrClN2O2/c1-2-5-17-8-11-7-12(20-18-11)9-19-14-4-3-10(15)6-13(14)16/h3-4,6-7,17H,2,5,8-9H2,1H3. The van der Waals surface area contributed by atoms with E-state index in [9.17, 15) is 0 Å². The fourth-order valence-corrected chi connectivity index (χ4v) is 2.37. The molecule has 0 aliphatic rings. The van der Waals surface area contributed by atoms with E-state index in [-0.39, 0.29) is 0 Å². The summed E-state index contributed by atoms with van der Waals surface area (Å²) in [6, 6.07) is 7.36. The molecule has 0 radical (unpaired) electrons. The van der Waals surface area contributed by atoms with Crippen LogP contribution in [0.4, 0.5) is 0 Å². The molecule has 0 unspecified atom stereocenters. The van der Waals surface area contributed by atoms with Crippen LogP contribution in [0, 0.1) is 0 Å². The summed E-state index contributed by atoms with van der Waals surface area (Å²) in [5.41, 5.74) is 0.874. The summed E-state index contributed by atoms with van der Waals surface area (Å²) in [4.78, 5) is 0. The molecule has 0 bridgehead atoms. The van der Waals surface area contributed by atoms with Crippen molar-refractivity contribution < 1.29 is 9.26 Å². The lowest BCUT2D eigenvalue weighted by atomic mass is 10.3. The van der Waals surface area contributed by atoms with Crippen LogP contribution in [-0.4, -0.2) is 11.7 Å². The van der Waals surface area contributed by atoms with Gasteiger partial charge in [-0.05, 0) is 31.2 Å². The minimum atomic E-state index is 0.308. The van der Waals surface area contributed by atoms with Crippen LogP contribution in [0.2, 0.25) is 5.02 Å². The third-order valence-corrected chi connectivity index (χ3v) is 3.39. The Morgan fingerprint density at radius 1 is 1.40 bits per heavy atom. The van der Waals surface area contributed by atoms with Crippen LogP contribution in [0.3, 0.4) is 0 Å². The number of ether oxygens (including phenoxy) is 1. The fraction of sp³-hybridized carbons (Fsp3) is 0.357. The monoisotopic (exact) mass is 358 g/mol. The Morgan fingerprint density at radius 2 is 2.25 bits per heavy atom. The predicted octanol–water partition coefficient (Wildman–Crippen LogP) is 4.17. The molecular formula is C14H16BrClN2O2. The Balaban J connectivity index is 1.87. The highest BCUT2D eigenvalue weighted by Gasteiger charge is 2.07. The minimum Gasteiger partial charge on any atom is -0.484 e. The molecule has 2 aromatic rings. The van der Waals surface area contributed by atoms with Gasteiger partial charge >= 0.3 is 0 Å². The van der Waals surface area contributed by atoms with E-state index in [4.69, 9.17) is 20.9 Å². The van der Waals surface area contributed by atoms with Gasteiger partial charge in [-0.15, -0.1) is 0 Å². The Hall–Kier alpha value is -1.04. The summed E-state index contributed by atoms with van der Waals surface area (Å²) in [5.74, 6) is 1.30. The zero-order valence-corrected chi connectivity index (χ0v) is 13.5. The molecule has 1 aromatic carbocycles. The second-order valence-electron chi connectivity index (χ2n) is 4.32. The van der Waals surface area contributed by atoms with E-state index >= 15 is 0 Å². The Morgan fingerprint density at radius 3 is 3.00 bits per heavy atom. The summed E-state index contributed by atoms with van der Waals surface area (Å²) < 4.78 is 11.7. The van der Waals surface area contributed by atoms with Gasteiger partial charge in [0.1, 0.15) is 12.4 Å². The summed E-state index contributed by atoms with van der Waals surface area (Å²) in [6.45, 7) is 4.10. The molecule has 1 heterocycles. The molecule has 2 rings (SSSR count). The maximum absolute atomic E-state index is 6.07. The Bertz CT molecular complexity index is 560. The van der Waals surface area contributed by atoms with Gasteiger partial charge in [-0.3, -0.25) is 0 Å². The van der Waals surface area contributed by atoms with Gasteiger partial charge in [-0.25, -0.2) is 0 Å². The SMILES string of the molecule is CCCNCc1cc(COc2ccc(Br)cc2Cl)on1. The lowest BCUT2D eigenvalue weighted by molar-refractivity contribution is 0.248. The molecule has 0 aliphatic heterocycles. The van der Waals surface area contributed by atoms with Gasteiger partial charge in [0.25, 0.3) is 0 Å². The fourth-order valence-electron chi connectivity index (χ4n) is 1.64. The van der Waals surface area contributed by atoms with Gasteiger partial charge in [-0.2, -0.15) is 0 Å². The highest BCUT2D eigenvalue weighted by Crippen LogP contribution is 2.28. The van der Waals surface area contributed by atoms with Gasteiger partial charge in [0.2, 0.25) is 0 Å². The van der Waals surface area contributed by atoms with Crippen LogP contribution >= 0.6 is 27.5 Å². The highest BCUT2D eigenvalue weighted by molar-refractivity contribution is 9.10. The van der Waals surface area contributed by atoms with Crippen molar-refractivity contribution in [1.29, 1.82) is 0 Å². The van der Waals surface area contributed by atoms with Crippen LogP contribution in [0.1, 0.15) is 24.8 Å². The van der Waals surface area contributed by atoms with Gasteiger partial charge < -0.3 is 14.6 Å². The van der Waals surface area contributed by atoms with E-state index in [1.165, 1.54) is 0 Å². The molecule has 108 valence electrons. The lowest BCUT2D eigenvalue weighted by Gasteiger charge is -2.05. The van der Waals surface area contributed by atoms with Gasteiger partial charge in [0.15, 0.2) is 5.76 Å². The Labute approximate surface area is 131 Å². The normalized spacial score (nSPS) is 10.8. The van der Waals surface area contributed by atoms with Gasteiger partial charge in [0.05, 0.1) is 10.7 Å². The topological polar surface area (TPSA) is 47.3 Å². The molecule has 0 amide bonds. The van der Waals surface area contributed by atoms with Crippen molar-refractivity contribution in [3.05, 3.63) is 45.2 Å². The summed E-state index contributed by atoms with van der Waals surface area (Å²) in [5, 5.41) is 7.80. The van der Waals surface area contributed by atoms with Crippen molar-refractivity contribution in [2.45, 2.75) is 26.5 Å². The second kappa shape index (κ2) is 7.67. The van der Waals surface area contributed by atoms with E-state index in [0.29, 0.717) is 29.7 Å². The summed E-state index contributed by atoms with van der Waals surface area (Å²) in [7, 11) is 0. The van der Waals surface area contributed by atoms with E-state index in [1.54, 1.807) is 6.07 Å². The second-order valence-corrected chi connectivity index (χ2v) is 5.65. The lowest BCUT2D eigenvalue weighted by Crippen LogP contribution is -2.13. The third-order valence-electron chi connectivity index (χ3n) is 2.60. The summed E-state index contributed by atoms with van der Waals surface area (Å²) in [6.07, 6.45) is 1.09. The molecule has 4 nitrogen and oxygen atoms in total. The average molecular weight is 360 g/mol. The van der Waals surface area contributed by atoms with E-state index in [1.807, 2.05) is 18.2 Å². The average Bonchev–Trinajstić information content (AvgIpc) is 2.86. The maximum atomic E-state index is 6.07. The van der Waals surface area contributed by atoms with Crippen molar-refractivity contribution in [3.63, 3.8) is 0 Å². The van der Waals surface area contributed by atoms with Crippen molar-refractivity contribution in [3.8, 4) is 5.75 Å². The third kappa shape index (κ3) is 4.51. The maximum Gasteiger partial charge on any atom is 0.174 e. The van der Waals surface area contributed by atoms with Crippen LogP contribution in [-0.2, 0) is 13.2 Å². The number of hydrogen-bond donors (Lipinski definition) is 1. The number of benzene rings is 1. The zero-order chi connectivity index (χ0) is 14.4. The minimum absolute atomic E-state index is 0.308. The van der Waals surface area contributed by atoms with E-state index in [0.717, 1.165) is 23.1 Å². The molecule has 1 aromatic heterocycles. The van der Waals surface area contributed by atoms with Crippen molar-refractivity contribution in [1.82, 2.24) is 10.5 Å². The first kappa shape index (κ1) is 15.4. The molecular weight excluding hydrogens is 344 g/mol. The first-order chi connectivity index (χ1) is 9.69. The quantitative estimate of drug-likeness (QED) is 0.754. The number of nitrogens with one attached hydrogen (secondary N) is 1. The number of hydrogen-bond acceptors (Lipinski definition) is 4. The number of halogens is 2.